The van der Waals surface area contributed by atoms with Crippen molar-refractivity contribution in [1.29, 1.82) is 0 Å². The molecule has 1 atom stereocenters. The fourth-order valence-corrected chi connectivity index (χ4v) is 5.09. The van der Waals surface area contributed by atoms with Crippen molar-refractivity contribution < 1.29 is 9.23 Å². The second kappa shape index (κ2) is 9.14. The molecule has 0 amide bonds. The SMILES string of the molecule is Cc1ccc(CC2CON=C(c3nc(C)ncc3Sc3cccc(C4CC4)c3F)N2)c(C)c1. The zero-order valence-corrected chi connectivity index (χ0v) is 19.9. The van der Waals surface area contributed by atoms with Crippen LogP contribution in [0.5, 0.6) is 0 Å². The van der Waals surface area contributed by atoms with Crippen LogP contribution < -0.4 is 5.32 Å². The van der Waals surface area contributed by atoms with Crippen molar-refractivity contribution in [3.05, 3.63) is 82.2 Å². The van der Waals surface area contributed by atoms with E-state index in [-0.39, 0.29) is 11.9 Å². The maximum Gasteiger partial charge on any atom is 0.193 e. The van der Waals surface area contributed by atoms with Gasteiger partial charge in [-0.2, -0.15) is 0 Å². The third-order valence-electron chi connectivity index (χ3n) is 6.07. The lowest BCUT2D eigenvalue weighted by Gasteiger charge is -2.25. The number of aromatic nitrogens is 2. The van der Waals surface area contributed by atoms with Gasteiger partial charge in [0.05, 0.1) is 10.9 Å². The van der Waals surface area contributed by atoms with Crippen LogP contribution in [0.25, 0.3) is 0 Å². The maximum atomic E-state index is 15.1. The first-order chi connectivity index (χ1) is 16.0. The number of hydrogen-bond donors (Lipinski definition) is 1. The van der Waals surface area contributed by atoms with Crippen LogP contribution in [0.4, 0.5) is 4.39 Å². The van der Waals surface area contributed by atoms with E-state index in [0.29, 0.717) is 34.8 Å². The molecule has 0 radical (unpaired) electrons. The smallest absolute Gasteiger partial charge is 0.193 e. The van der Waals surface area contributed by atoms with Gasteiger partial charge in [0.15, 0.2) is 5.84 Å². The molecule has 2 heterocycles. The summed E-state index contributed by atoms with van der Waals surface area (Å²) < 4.78 is 15.1. The first-order valence-corrected chi connectivity index (χ1v) is 12.1. The number of nitrogens with zero attached hydrogens (tertiary/aromatic N) is 3. The van der Waals surface area contributed by atoms with Crippen molar-refractivity contribution in [1.82, 2.24) is 15.3 Å². The highest BCUT2D eigenvalue weighted by atomic mass is 32.2. The summed E-state index contributed by atoms with van der Waals surface area (Å²) in [7, 11) is 0. The average Bonchev–Trinajstić information content (AvgIpc) is 3.64. The van der Waals surface area contributed by atoms with Crippen LogP contribution in [-0.2, 0) is 11.3 Å². The minimum absolute atomic E-state index is 0.0574. The number of rotatable bonds is 6. The van der Waals surface area contributed by atoms with Crippen LogP contribution >= 0.6 is 11.8 Å². The molecule has 5 nitrogen and oxygen atoms in total. The van der Waals surface area contributed by atoms with Gasteiger partial charge in [0.25, 0.3) is 0 Å². The fourth-order valence-electron chi connectivity index (χ4n) is 4.15. The molecule has 1 saturated carbocycles. The van der Waals surface area contributed by atoms with Crippen molar-refractivity contribution in [2.45, 2.75) is 61.8 Å². The van der Waals surface area contributed by atoms with Crippen molar-refractivity contribution in [2.24, 2.45) is 5.16 Å². The van der Waals surface area contributed by atoms with Crippen molar-refractivity contribution >= 4 is 17.6 Å². The average molecular weight is 463 g/mol. The molecular formula is C26H27FN4OS. The third kappa shape index (κ3) is 4.88. The molecule has 1 aliphatic heterocycles. The third-order valence-corrected chi connectivity index (χ3v) is 7.12. The van der Waals surface area contributed by atoms with E-state index in [1.807, 2.05) is 25.1 Å². The highest BCUT2D eigenvalue weighted by molar-refractivity contribution is 7.99. The normalized spacial score (nSPS) is 17.8. The molecule has 33 heavy (non-hydrogen) atoms. The molecule has 1 N–H and O–H groups in total. The van der Waals surface area contributed by atoms with E-state index >= 15 is 4.39 Å². The zero-order chi connectivity index (χ0) is 22.9. The Balaban J connectivity index is 1.39. The van der Waals surface area contributed by atoms with Gasteiger partial charge in [-0.05, 0) is 68.7 Å². The summed E-state index contributed by atoms with van der Waals surface area (Å²) in [5.41, 5.74) is 5.23. The Labute approximate surface area is 197 Å². The van der Waals surface area contributed by atoms with Gasteiger partial charge < -0.3 is 10.2 Å². The Morgan fingerprint density at radius 1 is 1.12 bits per heavy atom. The maximum absolute atomic E-state index is 15.1. The molecule has 1 aliphatic carbocycles. The molecule has 1 fully saturated rings. The van der Waals surface area contributed by atoms with Gasteiger partial charge in [0.1, 0.15) is 23.9 Å². The minimum Gasteiger partial charge on any atom is -0.392 e. The summed E-state index contributed by atoms with van der Waals surface area (Å²) in [6, 6.07) is 12.2. The lowest BCUT2D eigenvalue weighted by molar-refractivity contribution is 0.109. The lowest BCUT2D eigenvalue weighted by Crippen LogP contribution is -2.44. The van der Waals surface area contributed by atoms with Crippen molar-refractivity contribution in [2.75, 3.05) is 6.61 Å². The largest absolute Gasteiger partial charge is 0.392 e. The number of halogens is 1. The summed E-state index contributed by atoms with van der Waals surface area (Å²) in [6.07, 6.45) is 4.67. The zero-order valence-electron chi connectivity index (χ0n) is 19.1. The van der Waals surface area contributed by atoms with Gasteiger partial charge in [-0.25, -0.2) is 14.4 Å². The van der Waals surface area contributed by atoms with Gasteiger partial charge in [-0.1, -0.05) is 52.8 Å². The van der Waals surface area contributed by atoms with Crippen LogP contribution in [0.1, 0.15) is 52.5 Å². The van der Waals surface area contributed by atoms with Gasteiger partial charge in [-0.3, -0.25) is 0 Å². The number of aryl methyl sites for hydroxylation is 3. The van der Waals surface area contributed by atoms with Gasteiger partial charge >= 0.3 is 0 Å². The lowest BCUT2D eigenvalue weighted by atomic mass is 9.99. The molecule has 7 heteroatoms. The summed E-state index contributed by atoms with van der Waals surface area (Å²) in [4.78, 5) is 15.9. The summed E-state index contributed by atoms with van der Waals surface area (Å²) >= 11 is 1.34. The summed E-state index contributed by atoms with van der Waals surface area (Å²) in [6.45, 7) is 6.54. The van der Waals surface area contributed by atoms with Crippen LogP contribution in [0.2, 0.25) is 0 Å². The Bertz CT molecular complexity index is 1220. The van der Waals surface area contributed by atoms with E-state index in [2.05, 4.69) is 52.5 Å². The van der Waals surface area contributed by atoms with E-state index in [0.717, 1.165) is 29.7 Å². The van der Waals surface area contributed by atoms with E-state index in [4.69, 9.17) is 4.84 Å². The highest BCUT2D eigenvalue weighted by Gasteiger charge is 2.28. The first-order valence-electron chi connectivity index (χ1n) is 11.3. The van der Waals surface area contributed by atoms with E-state index in [9.17, 15) is 0 Å². The molecule has 2 aliphatic rings. The molecule has 3 aromatic rings. The van der Waals surface area contributed by atoms with E-state index in [1.54, 1.807) is 6.20 Å². The molecule has 5 rings (SSSR count). The predicted octanol–water partition coefficient (Wildman–Crippen LogP) is 5.46. The second-order valence-corrected chi connectivity index (χ2v) is 9.96. The molecule has 170 valence electrons. The molecule has 0 bridgehead atoms. The molecular weight excluding hydrogens is 435 g/mol. The van der Waals surface area contributed by atoms with Crippen molar-refractivity contribution in [3.8, 4) is 0 Å². The number of amidine groups is 1. The van der Waals surface area contributed by atoms with Gasteiger partial charge in [0.2, 0.25) is 0 Å². The quantitative estimate of drug-likeness (QED) is 0.527. The number of hydrogen-bond acceptors (Lipinski definition) is 6. The molecule has 0 saturated heterocycles. The first kappa shape index (κ1) is 21.9. The standard InChI is InChI=1S/C26H27FN4OS/c1-15-7-8-19(16(2)11-15)12-20-14-32-31-26(30-20)25-23(13-28-17(3)29-25)33-22-6-4-5-21(24(22)27)18-9-10-18/h4-8,11,13,18,20H,9-10,12,14H2,1-3H3,(H,30,31). The van der Waals surface area contributed by atoms with Crippen LogP contribution in [0.15, 0.2) is 57.5 Å². The predicted molar refractivity (Wildman–Crippen MR) is 128 cm³/mol. The van der Waals surface area contributed by atoms with Crippen molar-refractivity contribution in [3.63, 3.8) is 0 Å². The Morgan fingerprint density at radius 3 is 2.76 bits per heavy atom. The Morgan fingerprint density at radius 2 is 1.97 bits per heavy atom. The monoisotopic (exact) mass is 462 g/mol. The summed E-state index contributed by atoms with van der Waals surface area (Å²) in [5.74, 6) is 1.40. The molecule has 0 spiro atoms. The highest BCUT2D eigenvalue weighted by Crippen LogP contribution is 2.43. The van der Waals surface area contributed by atoms with Crippen LogP contribution in [0.3, 0.4) is 0 Å². The number of benzene rings is 2. The van der Waals surface area contributed by atoms with Crippen LogP contribution in [-0.4, -0.2) is 28.5 Å². The van der Waals surface area contributed by atoms with E-state index in [1.165, 1.54) is 28.5 Å². The fraction of sp³-hybridized carbons (Fsp3) is 0.346. The van der Waals surface area contributed by atoms with Gasteiger partial charge in [-0.15, -0.1) is 0 Å². The topological polar surface area (TPSA) is 59.4 Å². The molecule has 1 unspecified atom stereocenters. The number of oxime groups is 1. The molecule has 2 aromatic carbocycles. The molecule has 1 aromatic heterocycles. The Hall–Kier alpha value is -2.93. The minimum atomic E-state index is -0.140. The Kier molecular flexibility index (Phi) is 6.06. The van der Waals surface area contributed by atoms with E-state index < -0.39 is 0 Å². The summed E-state index contributed by atoms with van der Waals surface area (Å²) in [5, 5.41) is 7.75. The second-order valence-electron chi connectivity index (χ2n) is 8.88. The van der Waals surface area contributed by atoms with Gasteiger partial charge in [0, 0.05) is 11.1 Å². The van der Waals surface area contributed by atoms with Crippen LogP contribution in [0, 0.1) is 26.6 Å². The number of nitrogens with one attached hydrogen (secondary N) is 1.